The standard InChI is InChI=1S/C19H11Cl3N4O3/c20-12-3-1-11(2-4-12)10-24-17-9-23-25(16(17)5-6-18(24)27)19-14(21)7-13(26(28)29)8-15(19)22/h1-9H,10H2. The van der Waals surface area contributed by atoms with E-state index in [1.54, 1.807) is 22.8 Å². The van der Waals surface area contributed by atoms with Crippen molar-refractivity contribution < 1.29 is 4.92 Å². The molecule has 2 aromatic carbocycles. The normalized spacial score (nSPS) is 11.1. The van der Waals surface area contributed by atoms with Gasteiger partial charge in [-0.2, -0.15) is 5.10 Å². The van der Waals surface area contributed by atoms with E-state index in [-0.39, 0.29) is 21.3 Å². The summed E-state index contributed by atoms with van der Waals surface area (Å²) < 4.78 is 3.02. The first kappa shape index (κ1) is 19.4. The zero-order chi connectivity index (χ0) is 20.7. The Labute approximate surface area is 178 Å². The van der Waals surface area contributed by atoms with E-state index in [9.17, 15) is 14.9 Å². The Bertz CT molecular complexity index is 1290. The molecular formula is C19H11Cl3N4O3. The maximum Gasteiger partial charge on any atom is 0.272 e. The van der Waals surface area contributed by atoms with Gasteiger partial charge in [0.05, 0.1) is 38.7 Å². The van der Waals surface area contributed by atoms with Crippen LogP contribution in [0.15, 0.2) is 59.5 Å². The van der Waals surface area contributed by atoms with Crippen molar-refractivity contribution in [3.05, 3.63) is 95.8 Å². The van der Waals surface area contributed by atoms with Gasteiger partial charge in [-0.3, -0.25) is 14.9 Å². The summed E-state index contributed by atoms with van der Waals surface area (Å²) in [4.78, 5) is 22.9. The molecule has 2 aromatic heterocycles. The van der Waals surface area contributed by atoms with Gasteiger partial charge in [0.15, 0.2) is 0 Å². The number of halogens is 3. The molecular weight excluding hydrogens is 439 g/mol. The van der Waals surface area contributed by atoms with E-state index in [1.165, 1.54) is 29.1 Å². The first-order valence-electron chi connectivity index (χ1n) is 8.31. The van der Waals surface area contributed by atoms with Gasteiger partial charge < -0.3 is 4.57 Å². The molecule has 0 aliphatic heterocycles. The molecule has 2 heterocycles. The van der Waals surface area contributed by atoms with Crippen LogP contribution in [0.25, 0.3) is 16.7 Å². The Morgan fingerprint density at radius 2 is 1.62 bits per heavy atom. The Morgan fingerprint density at radius 3 is 2.24 bits per heavy atom. The number of fused-ring (bicyclic) bond motifs is 1. The number of benzene rings is 2. The maximum atomic E-state index is 12.5. The van der Waals surface area contributed by atoms with E-state index in [1.807, 2.05) is 12.1 Å². The third kappa shape index (κ3) is 3.60. The van der Waals surface area contributed by atoms with E-state index in [2.05, 4.69) is 5.10 Å². The Balaban J connectivity index is 1.86. The number of non-ortho nitro benzene ring substituents is 1. The molecule has 0 aliphatic carbocycles. The summed E-state index contributed by atoms with van der Waals surface area (Å²) in [6.07, 6.45) is 1.53. The Kier molecular flexibility index (Phi) is 5.04. The van der Waals surface area contributed by atoms with Crippen molar-refractivity contribution in [2.45, 2.75) is 6.54 Å². The number of nitro groups is 1. The third-order valence-corrected chi connectivity index (χ3v) is 5.23. The van der Waals surface area contributed by atoms with Crippen molar-refractivity contribution in [1.29, 1.82) is 0 Å². The molecule has 0 aliphatic rings. The lowest BCUT2D eigenvalue weighted by atomic mass is 10.2. The van der Waals surface area contributed by atoms with Crippen molar-refractivity contribution in [3.8, 4) is 5.69 Å². The highest BCUT2D eigenvalue weighted by molar-refractivity contribution is 6.38. The predicted molar refractivity (Wildman–Crippen MR) is 113 cm³/mol. The van der Waals surface area contributed by atoms with E-state index < -0.39 is 4.92 Å². The number of nitro benzene ring substituents is 1. The average Bonchev–Trinajstić information content (AvgIpc) is 3.09. The zero-order valence-corrected chi connectivity index (χ0v) is 16.8. The SMILES string of the molecule is O=c1ccc2c(cnn2-c2c(Cl)cc([N+](=O)[O-])cc2Cl)n1Cc1ccc(Cl)cc1. The second-order valence-corrected chi connectivity index (χ2v) is 7.48. The van der Waals surface area contributed by atoms with Crippen LogP contribution in [0.2, 0.25) is 15.1 Å². The lowest BCUT2D eigenvalue weighted by Gasteiger charge is -2.10. The topological polar surface area (TPSA) is 83.0 Å². The molecule has 4 rings (SSSR count). The number of nitrogens with zero attached hydrogens (tertiary/aromatic N) is 4. The van der Waals surface area contributed by atoms with Crippen LogP contribution in [-0.2, 0) is 6.54 Å². The summed E-state index contributed by atoms with van der Waals surface area (Å²) in [5.74, 6) is 0. The van der Waals surface area contributed by atoms with Crippen LogP contribution in [0.4, 0.5) is 5.69 Å². The highest BCUT2D eigenvalue weighted by Crippen LogP contribution is 2.34. The van der Waals surface area contributed by atoms with Gasteiger partial charge in [0.25, 0.3) is 11.2 Å². The smallest absolute Gasteiger partial charge is 0.272 e. The van der Waals surface area contributed by atoms with Gasteiger partial charge in [0, 0.05) is 23.2 Å². The van der Waals surface area contributed by atoms with Crippen LogP contribution < -0.4 is 5.56 Å². The third-order valence-electron chi connectivity index (χ3n) is 4.40. The summed E-state index contributed by atoms with van der Waals surface area (Å²) >= 11 is 18.4. The quantitative estimate of drug-likeness (QED) is 0.320. The fraction of sp³-hybridized carbons (Fsp3) is 0.0526. The van der Waals surface area contributed by atoms with Crippen molar-refractivity contribution >= 4 is 51.5 Å². The van der Waals surface area contributed by atoms with Crippen LogP contribution in [0, 0.1) is 10.1 Å². The largest absolute Gasteiger partial charge is 0.301 e. The van der Waals surface area contributed by atoms with Crippen LogP contribution in [0.3, 0.4) is 0 Å². The van der Waals surface area contributed by atoms with Gasteiger partial charge in [0.1, 0.15) is 5.69 Å². The zero-order valence-electron chi connectivity index (χ0n) is 14.6. The number of hydrogen-bond acceptors (Lipinski definition) is 4. The van der Waals surface area contributed by atoms with E-state index >= 15 is 0 Å². The summed E-state index contributed by atoms with van der Waals surface area (Å²) in [5.41, 5.74) is 1.91. The summed E-state index contributed by atoms with van der Waals surface area (Å²) in [5, 5.41) is 16.1. The molecule has 4 aromatic rings. The van der Waals surface area contributed by atoms with Gasteiger partial charge in [-0.15, -0.1) is 0 Å². The van der Waals surface area contributed by atoms with Crippen molar-refractivity contribution in [2.75, 3.05) is 0 Å². The molecule has 0 N–H and O–H groups in total. The highest BCUT2D eigenvalue weighted by atomic mass is 35.5. The minimum Gasteiger partial charge on any atom is -0.301 e. The molecule has 0 radical (unpaired) electrons. The van der Waals surface area contributed by atoms with Crippen LogP contribution in [0.5, 0.6) is 0 Å². The fourth-order valence-corrected chi connectivity index (χ4v) is 3.81. The molecule has 0 saturated carbocycles. The number of pyridine rings is 1. The molecule has 29 heavy (non-hydrogen) atoms. The highest BCUT2D eigenvalue weighted by Gasteiger charge is 2.19. The number of rotatable bonds is 4. The molecule has 0 unspecified atom stereocenters. The lowest BCUT2D eigenvalue weighted by molar-refractivity contribution is -0.384. The van der Waals surface area contributed by atoms with Gasteiger partial charge >= 0.3 is 0 Å². The van der Waals surface area contributed by atoms with Crippen molar-refractivity contribution in [3.63, 3.8) is 0 Å². The van der Waals surface area contributed by atoms with E-state index in [0.29, 0.717) is 28.3 Å². The monoisotopic (exact) mass is 448 g/mol. The van der Waals surface area contributed by atoms with Gasteiger partial charge in [-0.05, 0) is 23.8 Å². The first-order valence-corrected chi connectivity index (χ1v) is 9.44. The number of hydrogen-bond donors (Lipinski definition) is 0. The first-order chi connectivity index (χ1) is 13.8. The van der Waals surface area contributed by atoms with Gasteiger partial charge in [0.2, 0.25) is 0 Å². The summed E-state index contributed by atoms with van der Waals surface area (Å²) in [7, 11) is 0. The molecule has 0 atom stereocenters. The molecule has 146 valence electrons. The van der Waals surface area contributed by atoms with Crippen LogP contribution in [0.1, 0.15) is 5.56 Å². The Hall–Kier alpha value is -2.87. The molecule has 10 heteroatoms. The predicted octanol–water partition coefficient (Wildman–Crippen LogP) is 5.10. The second kappa shape index (κ2) is 7.51. The summed E-state index contributed by atoms with van der Waals surface area (Å²) in [6, 6.07) is 12.6. The average molecular weight is 450 g/mol. The van der Waals surface area contributed by atoms with Crippen molar-refractivity contribution in [1.82, 2.24) is 14.3 Å². The van der Waals surface area contributed by atoms with E-state index in [4.69, 9.17) is 34.8 Å². The van der Waals surface area contributed by atoms with Gasteiger partial charge in [-0.25, -0.2) is 4.68 Å². The fourth-order valence-electron chi connectivity index (χ4n) is 3.05. The lowest BCUT2D eigenvalue weighted by Crippen LogP contribution is -2.19. The second-order valence-electron chi connectivity index (χ2n) is 6.23. The molecule has 0 fully saturated rings. The molecule has 0 bridgehead atoms. The molecule has 0 spiro atoms. The molecule has 7 nitrogen and oxygen atoms in total. The van der Waals surface area contributed by atoms with Gasteiger partial charge in [-0.1, -0.05) is 46.9 Å². The maximum absolute atomic E-state index is 12.5. The number of aromatic nitrogens is 3. The molecule has 0 amide bonds. The van der Waals surface area contributed by atoms with Crippen LogP contribution >= 0.6 is 34.8 Å². The van der Waals surface area contributed by atoms with E-state index in [0.717, 1.165) is 5.56 Å². The Morgan fingerprint density at radius 1 is 0.966 bits per heavy atom. The van der Waals surface area contributed by atoms with Crippen molar-refractivity contribution in [2.24, 2.45) is 0 Å². The summed E-state index contributed by atoms with van der Waals surface area (Å²) in [6.45, 7) is 0.320. The minimum absolute atomic E-state index is 0.0738. The van der Waals surface area contributed by atoms with Crippen LogP contribution in [-0.4, -0.2) is 19.3 Å². The minimum atomic E-state index is -0.577. The molecule has 0 saturated heterocycles.